The maximum atomic E-state index is 5.39. The van der Waals surface area contributed by atoms with Gasteiger partial charge in [0.1, 0.15) is 5.58 Å². The topological polar surface area (TPSA) is 13.1 Å². The zero-order valence-electron chi connectivity index (χ0n) is 8.91. The van der Waals surface area contributed by atoms with Gasteiger partial charge in [-0.15, -0.1) is 0 Å². The second-order valence-corrected chi connectivity index (χ2v) is 3.56. The van der Waals surface area contributed by atoms with Crippen molar-refractivity contribution in [1.29, 1.82) is 0 Å². The number of furan rings is 1. The quantitative estimate of drug-likeness (QED) is 0.630. The summed E-state index contributed by atoms with van der Waals surface area (Å²) < 4.78 is 5.39. The maximum Gasteiger partial charge on any atom is 1.00 e. The van der Waals surface area contributed by atoms with Crippen molar-refractivity contribution < 1.29 is 24.7 Å². The number of fused-ring (bicyclic) bond motifs is 1. The van der Waals surface area contributed by atoms with Crippen LogP contribution >= 0.6 is 11.8 Å². The smallest absolute Gasteiger partial charge is 1.00 e. The van der Waals surface area contributed by atoms with Crippen molar-refractivity contribution in [1.82, 2.24) is 0 Å². The molecule has 2 rings (SSSR count). The largest absolute Gasteiger partial charge is 1.00 e. The van der Waals surface area contributed by atoms with E-state index in [9.17, 15) is 0 Å². The van der Waals surface area contributed by atoms with E-state index in [1.807, 2.05) is 36.2 Å². The Morgan fingerprint density at radius 1 is 1.38 bits per heavy atom. The van der Waals surface area contributed by atoms with E-state index >= 15 is 0 Å². The fourth-order valence-corrected chi connectivity index (χ4v) is 1.83. The van der Waals surface area contributed by atoms with Gasteiger partial charge in [0, 0.05) is 16.7 Å². The third-order valence-corrected chi connectivity index (χ3v) is 2.46. The molecule has 0 unspecified atom stereocenters. The van der Waals surface area contributed by atoms with E-state index in [1.54, 1.807) is 0 Å². The third-order valence-electron chi connectivity index (χ3n) is 1.86. The van der Waals surface area contributed by atoms with E-state index in [4.69, 9.17) is 4.42 Å². The molecule has 0 amide bonds. The summed E-state index contributed by atoms with van der Waals surface area (Å²) in [5.41, 5.74) is 2.28. The molecular weight excluding hydrogens is 175 g/mol. The van der Waals surface area contributed by atoms with Crippen LogP contribution in [0.3, 0.4) is 0 Å². The van der Waals surface area contributed by atoms with Gasteiger partial charge in [0.15, 0.2) is 0 Å². The minimum absolute atomic E-state index is 0. The molecule has 1 nitrogen and oxygen atoms in total. The van der Waals surface area contributed by atoms with Crippen LogP contribution in [0, 0.1) is 0 Å². The first-order valence-electron chi connectivity index (χ1n) is 3.86. The molecule has 0 saturated heterocycles. The molecule has 0 fully saturated rings. The van der Waals surface area contributed by atoms with Gasteiger partial charge in [0.05, 0.1) is 6.26 Å². The van der Waals surface area contributed by atoms with E-state index in [0.29, 0.717) is 0 Å². The molecule has 3 heteroatoms. The Balaban J connectivity index is 0.000000845. The van der Waals surface area contributed by atoms with Crippen LogP contribution in [0.5, 0.6) is 0 Å². The minimum Gasteiger partial charge on any atom is -1.00 e. The molecule has 0 aliphatic heterocycles. The number of benzene rings is 1. The van der Waals surface area contributed by atoms with Crippen LogP contribution in [-0.4, -0.2) is 6.26 Å². The Morgan fingerprint density at radius 3 is 2.92 bits per heavy atom. The number of thioether (sulfide) groups is 1. The molecule has 0 aliphatic rings. The van der Waals surface area contributed by atoms with E-state index in [0.717, 1.165) is 11.3 Å². The number of para-hydroxylation sites is 1. The SMILES string of the molecule is CSCc1coc2ccccc12.[H-].[Li+]. The Morgan fingerprint density at radius 2 is 2.15 bits per heavy atom. The molecule has 0 aliphatic carbocycles. The molecule has 0 N–H and O–H groups in total. The standard InChI is InChI=1S/C10H10OS.Li.H/c1-12-7-8-6-11-10-5-3-2-4-9(8)10;;/h2-6H,7H2,1H3;;/q;+1;-1. The number of rotatable bonds is 2. The minimum atomic E-state index is 0. The first kappa shape index (κ1) is 10.8. The summed E-state index contributed by atoms with van der Waals surface area (Å²) in [6.45, 7) is 0. The van der Waals surface area contributed by atoms with Gasteiger partial charge in [-0.05, 0) is 12.3 Å². The monoisotopic (exact) mass is 186 g/mol. The van der Waals surface area contributed by atoms with Gasteiger partial charge in [-0.25, -0.2) is 0 Å². The van der Waals surface area contributed by atoms with Crippen LogP contribution in [0.2, 0.25) is 0 Å². The van der Waals surface area contributed by atoms with E-state index < -0.39 is 0 Å². The zero-order valence-corrected chi connectivity index (χ0v) is 8.73. The fourth-order valence-electron chi connectivity index (χ4n) is 1.30. The van der Waals surface area contributed by atoms with Gasteiger partial charge >= 0.3 is 18.9 Å². The Kier molecular flexibility index (Phi) is 3.99. The first-order valence-corrected chi connectivity index (χ1v) is 5.25. The molecule has 2 aromatic rings. The first-order chi connectivity index (χ1) is 5.92. The fraction of sp³-hybridized carbons (Fsp3) is 0.200. The van der Waals surface area contributed by atoms with Gasteiger partial charge in [0.2, 0.25) is 0 Å². The van der Waals surface area contributed by atoms with Crippen LogP contribution < -0.4 is 18.9 Å². The van der Waals surface area contributed by atoms with Crippen LogP contribution in [-0.2, 0) is 5.75 Å². The summed E-state index contributed by atoms with van der Waals surface area (Å²) >= 11 is 1.81. The molecule has 0 radical (unpaired) electrons. The predicted octanol–water partition coefficient (Wildman–Crippen LogP) is 0.412. The van der Waals surface area contributed by atoms with Crippen molar-refractivity contribution in [2.45, 2.75) is 5.75 Å². The molecule has 1 aromatic heterocycles. The van der Waals surface area contributed by atoms with E-state index in [2.05, 4.69) is 12.3 Å². The Hall–Kier alpha value is -0.293. The molecule has 0 spiro atoms. The molecule has 1 heterocycles. The molecule has 0 atom stereocenters. The molecule has 0 saturated carbocycles. The van der Waals surface area contributed by atoms with Gasteiger partial charge in [-0.2, -0.15) is 11.8 Å². The van der Waals surface area contributed by atoms with Crippen molar-refractivity contribution in [3.8, 4) is 0 Å². The van der Waals surface area contributed by atoms with E-state index in [1.165, 1.54) is 10.9 Å². The Bertz CT molecular complexity index is 388. The summed E-state index contributed by atoms with van der Waals surface area (Å²) in [4.78, 5) is 0. The van der Waals surface area contributed by atoms with Gasteiger partial charge in [-0.1, -0.05) is 18.2 Å². The van der Waals surface area contributed by atoms with Gasteiger partial charge in [-0.3, -0.25) is 0 Å². The van der Waals surface area contributed by atoms with Gasteiger partial charge < -0.3 is 5.84 Å². The van der Waals surface area contributed by atoms with Crippen molar-refractivity contribution in [2.75, 3.05) is 6.26 Å². The second kappa shape index (κ2) is 4.81. The predicted molar refractivity (Wildman–Crippen MR) is 54.5 cm³/mol. The zero-order chi connectivity index (χ0) is 8.39. The molecule has 0 bridgehead atoms. The van der Waals surface area contributed by atoms with E-state index in [-0.39, 0.29) is 20.3 Å². The van der Waals surface area contributed by atoms with Crippen LogP contribution in [0.4, 0.5) is 0 Å². The van der Waals surface area contributed by atoms with Crippen LogP contribution in [0.1, 0.15) is 6.99 Å². The normalized spacial score (nSPS) is 9.92. The van der Waals surface area contributed by atoms with Crippen molar-refractivity contribution in [2.24, 2.45) is 0 Å². The maximum absolute atomic E-state index is 5.39. The third kappa shape index (κ3) is 2.14. The van der Waals surface area contributed by atoms with Crippen LogP contribution in [0.25, 0.3) is 11.0 Å². The molecule has 64 valence electrons. The summed E-state index contributed by atoms with van der Waals surface area (Å²) in [6, 6.07) is 8.14. The number of hydrogen-bond donors (Lipinski definition) is 0. The second-order valence-electron chi connectivity index (χ2n) is 2.69. The Labute approximate surface area is 95.5 Å². The summed E-state index contributed by atoms with van der Waals surface area (Å²) in [7, 11) is 0. The molecule has 13 heavy (non-hydrogen) atoms. The summed E-state index contributed by atoms with van der Waals surface area (Å²) in [5.74, 6) is 1.02. The summed E-state index contributed by atoms with van der Waals surface area (Å²) in [5, 5.41) is 1.24. The average Bonchev–Trinajstić information content (AvgIpc) is 2.50. The van der Waals surface area contributed by atoms with Crippen molar-refractivity contribution >= 4 is 22.7 Å². The molecular formula is C10H11LiOS. The number of hydrogen-bond acceptors (Lipinski definition) is 2. The average molecular weight is 186 g/mol. The van der Waals surface area contributed by atoms with Crippen molar-refractivity contribution in [3.05, 3.63) is 36.1 Å². The molecule has 1 aromatic carbocycles. The summed E-state index contributed by atoms with van der Waals surface area (Å²) in [6.07, 6.45) is 3.95. The van der Waals surface area contributed by atoms with Crippen molar-refractivity contribution in [3.63, 3.8) is 0 Å². The van der Waals surface area contributed by atoms with Crippen LogP contribution in [0.15, 0.2) is 34.9 Å². The van der Waals surface area contributed by atoms with Gasteiger partial charge in [0.25, 0.3) is 0 Å².